The third kappa shape index (κ3) is 5.55. The van der Waals surface area contributed by atoms with Gasteiger partial charge in [-0.25, -0.2) is 4.98 Å². The average Bonchev–Trinajstić information content (AvgIpc) is 3.03. The Bertz CT molecular complexity index is 496. The quantitative estimate of drug-likeness (QED) is 0.695. The Balaban J connectivity index is 1.59. The molecule has 1 unspecified atom stereocenters. The van der Waals surface area contributed by atoms with Gasteiger partial charge in [0.2, 0.25) is 0 Å². The van der Waals surface area contributed by atoms with Gasteiger partial charge < -0.3 is 10.1 Å². The second-order valence-electron chi connectivity index (χ2n) is 5.28. The average molecular weight is 288 g/mol. The molecular weight excluding hydrogens is 264 g/mol. The Morgan fingerprint density at radius 3 is 2.71 bits per heavy atom. The molecule has 0 spiro atoms. The molecule has 0 saturated heterocycles. The molecule has 21 heavy (non-hydrogen) atoms. The van der Waals surface area contributed by atoms with Crippen LogP contribution in [-0.4, -0.2) is 34.9 Å². The smallest absolute Gasteiger partial charge is 0.137 e. The van der Waals surface area contributed by atoms with Crippen LogP contribution in [0.3, 0.4) is 0 Å². The van der Waals surface area contributed by atoms with Crippen molar-refractivity contribution in [3.8, 4) is 5.75 Å². The van der Waals surface area contributed by atoms with Crippen LogP contribution in [0.25, 0.3) is 0 Å². The largest absolute Gasteiger partial charge is 0.497 e. The molecule has 0 aliphatic carbocycles. The lowest BCUT2D eigenvalue weighted by atomic mass is 10.1. The van der Waals surface area contributed by atoms with Crippen LogP contribution in [0.2, 0.25) is 0 Å². The molecule has 0 fully saturated rings. The second-order valence-corrected chi connectivity index (χ2v) is 5.28. The van der Waals surface area contributed by atoms with E-state index in [-0.39, 0.29) is 0 Å². The van der Waals surface area contributed by atoms with Gasteiger partial charge in [-0.3, -0.25) is 5.10 Å². The summed E-state index contributed by atoms with van der Waals surface area (Å²) in [6, 6.07) is 8.82. The normalized spacial score (nSPS) is 12.3. The minimum atomic E-state index is 0.516. The lowest BCUT2D eigenvalue weighted by molar-refractivity contribution is 0.414. The fraction of sp³-hybridized carbons (Fsp3) is 0.500. The second kappa shape index (κ2) is 8.42. The Labute approximate surface area is 126 Å². The van der Waals surface area contributed by atoms with Crippen molar-refractivity contribution in [1.82, 2.24) is 20.5 Å². The molecule has 0 bridgehead atoms. The number of H-pyrrole nitrogens is 1. The number of hydrogen-bond donors (Lipinski definition) is 2. The van der Waals surface area contributed by atoms with Crippen molar-refractivity contribution in [2.45, 2.75) is 38.6 Å². The van der Waals surface area contributed by atoms with Crippen molar-refractivity contribution in [2.75, 3.05) is 13.7 Å². The van der Waals surface area contributed by atoms with Gasteiger partial charge in [-0.15, -0.1) is 0 Å². The Morgan fingerprint density at radius 2 is 2.05 bits per heavy atom. The molecule has 2 rings (SSSR count). The lowest BCUT2D eigenvalue weighted by Gasteiger charge is -2.13. The lowest BCUT2D eigenvalue weighted by Crippen LogP contribution is -2.27. The van der Waals surface area contributed by atoms with Gasteiger partial charge >= 0.3 is 0 Å². The number of methoxy groups -OCH3 is 1. The SMILES string of the molecule is COc1ccc(CCC(C)NCCCc2ncn[nH]2)cc1. The number of nitrogens with one attached hydrogen (secondary N) is 2. The van der Waals surface area contributed by atoms with E-state index in [4.69, 9.17) is 4.74 Å². The van der Waals surface area contributed by atoms with Gasteiger partial charge in [0.15, 0.2) is 0 Å². The van der Waals surface area contributed by atoms with E-state index in [1.54, 1.807) is 13.4 Å². The summed E-state index contributed by atoms with van der Waals surface area (Å²) in [6.45, 7) is 3.24. The van der Waals surface area contributed by atoms with Gasteiger partial charge in [-0.2, -0.15) is 5.10 Å². The third-order valence-corrected chi connectivity index (χ3v) is 3.57. The van der Waals surface area contributed by atoms with E-state index in [1.165, 1.54) is 5.56 Å². The molecule has 0 radical (unpaired) electrons. The molecule has 5 heteroatoms. The molecule has 1 aromatic heterocycles. The van der Waals surface area contributed by atoms with Crippen LogP contribution in [0.5, 0.6) is 5.75 Å². The first-order valence-electron chi connectivity index (χ1n) is 7.48. The van der Waals surface area contributed by atoms with Crippen molar-refractivity contribution >= 4 is 0 Å². The van der Waals surface area contributed by atoms with Crippen molar-refractivity contribution in [2.24, 2.45) is 0 Å². The summed E-state index contributed by atoms with van der Waals surface area (Å²) in [5, 5.41) is 10.3. The Hall–Kier alpha value is -1.88. The van der Waals surface area contributed by atoms with Gasteiger partial charge in [0, 0.05) is 12.5 Å². The van der Waals surface area contributed by atoms with Crippen molar-refractivity contribution in [3.05, 3.63) is 42.0 Å². The molecule has 0 saturated carbocycles. The van der Waals surface area contributed by atoms with Crippen LogP contribution in [0.15, 0.2) is 30.6 Å². The molecule has 0 aliphatic heterocycles. The zero-order chi connectivity index (χ0) is 14.9. The number of nitrogens with zero attached hydrogens (tertiary/aromatic N) is 2. The number of aryl methyl sites for hydroxylation is 2. The highest BCUT2D eigenvalue weighted by Gasteiger charge is 2.03. The number of benzene rings is 1. The van der Waals surface area contributed by atoms with Crippen molar-refractivity contribution < 1.29 is 4.74 Å². The first kappa shape index (κ1) is 15.5. The number of hydrogen-bond acceptors (Lipinski definition) is 4. The predicted molar refractivity (Wildman–Crippen MR) is 83.5 cm³/mol. The van der Waals surface area contributed by atoms with Crippen LogP contribution in [0.4, 0.5) is 0 Å². The van der Waals surface area contributed by atoms with Crippen molar-refractivity contribution in [3.63, 3.8) is 0 Å². The monoisotopic (exact) mass is 288 g/mol. The van der Waals surface area contributed by atoms with Gasteiger partial charge in [-0.1, -0.05) is 12.1 Å². The molecule has 5 nitrogen and oxygen atoms in total. The summed E-state index contributed by atoms with van der Waals surface area (Å²) in [5.41, 5.74) is 1.35. The summed E-state index contributed by atoms with van der Waals surface area (Å²) in [5.74, 6) is 1.88. The Kier molecular flexibility index (Phi) is 6.22. The molecule has 1 heterocycles. The molecule has 1 atom stereocenters. The van der Waals surface area contributed by atoms with Gasteiger partial charge in [0.25, 0.3) is 0 Å². The molecule has 114 valence electrons. The third-order valence-electron chi connectivity index (χ3n) is 3.57. The highest BCUT2D eigenvalue weighted by atomic mass is 16.5. The zero-order valence-electron chi connectivity index (χ0n) is 12.8. The van der Waals surface area contributed by atoms with E-state index in [0.717, 1.165) is 43.8 Å². The Morgan fingerprint density at radius 1 is 1.24 bits per heavy atom. The minimum Gasteiger partial charge on any atom is -0.497 e. The van der Waals surface area contributed by atoms with Crippen LogP contribution >= 0.6 is 0 Å². The summed E-state index contributed by atoms with van der Waals surface area (Å²) in [4.78, 5) is 4.12. The highest BCUT2D eigenvalue weighted by molar-refractivity contribution is 5.27. The van der Waals surface area contributed by atoms with Gasteiger partial charge in [0.1, 0.15) is 17.9 Å². The van der Waals surface area contributed by atoms with Crippen LogP contribution in [0.1, 0.15) is 31.2 Å². The summed E-state index contributed by atoms with van der Waals surface area (Å²) in [7, 11) is 1.69. The van der Waals surface area contributed by atoms with E-state index in [2.05, 4.69) is 39.6 Å². The zero-order valence-corrected chi connectivity index (χ0v) is 12.8. The first-order valence-corrected chi connectivity index (χ1v) is 7.48. The summed E-state index contributed by atoms with van der Waals surface area (Å²) >= 11 is 0. The maximum absolute atomic E-state index is 5.17. The number of aromatic amines is 1. The van der Waals surface area contributed by atoms with Gasteiger partial charge in [0.05, 0.1) is 7.11 Å². The highest BCUT2D eigenvalue weighted by Crippen LogP contribution is 2.13. The van der Waals surface area contributed by atoms with Crippen molar-refractivity contribution in [1.29, 1.82) is 0 Å². The number of rotatable bonds is 9. The molecular formula is C16H24N4O. The first-order chi connectivity index (χ1) is 10.3. The van der Waals surface area contributed by atoms with E-state index in [9.17, 15) is 0 Å². The van der Waals surface area contributed by atoms with Crippen LogP contribution in [-0.2, 0) is 12.8 Å². The summed E-state index contributed by atoms with van der Waals surface area (Å²) < 4.78 is 5.17. The van der Waals surface area contributed by atoms with Gasteiger partial charge in [-0.05, 0) is 50.4 Å². The maximum Gasteiger partial charge on any atom is 0.137 e. The minimum absolute atomic E-state index is 0.516. The number of ether oxygens (including phenoxy) is 1. The van der Waals surface area contributed by atoms with E-state index in [1.807, 2.05) is 12.1 Å². The number of aromatic nitrogens is 3. The van der Waals surface area contributed by atoms with E-state index >= 15 is 0 Å². The fourth-order valence-corrected chi connectivity index (χ4v) is 2.23. The molecule has 0 aliphatic rings. The molecule has 1 aromatic carbocycles. The van der Waals surface area contributed by atoms with Crippen LogP contribution < -0.4 is 10.1 Å². The maximum atomic E-state index is 5.17. The molecule has 0 amide bonds. The molecule has 2 aromatic rings. The topological polar surface area (TPSA) is 62.8 Å². The summed E-state index contributed by atoms with van der Waals surface area (Å²) in [6.07, 6.45) is 5.79. The van der Waals surface area contributed by atoms with E-state index in [0.29, 0.717) is 6.04 Å². The molecule has 2 N–H and O–H groups in total. The van der Waals surface area contributed by atoms with E-state index < -0.39 is 0 Å². The standard InChI is InChI=1S/C16H24N4O/c1-13(17-11-3-4-16-18-12-19-20-16)5-6-14-7-9-15(21-2)10-8-14/h7-10,12-13,17H,3-6,11H2,1-2H3,(H,18,19,20). The predicted octanol–water partition coefficient (Wildman–Crippen LogP) is 2.36. The fourth-order valence-electron chi connectivity index (χ4n) is 2.23. The van der Waals surface area contributed by atoms with Crippen LogP contribution in [0, 0.1) is 0 Å².